The Morgan fingerprint density at radius 2 is 1.88 bits per heavy atom. The summed E-state index contributed by atoms with van der Waals surface area (Å²) >= 11 is 0. The third-order valence-electron chi connectivity index (χ3n) is 4.61. The van der Waals surface area contributed by atoms with Crippen molar-refractivity contribution in [1.29, 1.82) is 0 Å². The van der Waals surface area contributed by atoms with Gasteiger partial charge in [0.15, 0.2) is 0 Å². The van der Waals surface area contributed by atoms with Gasteiger partial charge in [-0.15, -0.1) is 0 Å². The molecule has 1 aliphatic rings. The molecule has 0 unspecified atom stereocenters. The van der Waals surface area contributed by atoms with Gasteiger partial charge in [-0.25, -0.2) is 0 Å². The van der Waals surface area contributed by atoms with E-state index in [9.17, 15) is 9.90 Å². The van der Waals surface area contributed by atoms with Crippen LogP contribution in [0.5, 0.6) is 0 Å². The molecule has 0 fully saturated rings. The number of hydrogen-bond donors (Lipinski definition) is 2. The summed E-state index contributed by atoms with van der Waals surface area (Å²) in [5, 5.41) is 13.2. The molecule has 0 radical (unpaired) electrons. The van der Waals surface area contributed by atoms with E-state index in [-0.39, 0.29) is 11.8 Å². The first-order valence-electron chi connectivity index (χ1n) is 9.67. The van der Waals surface area contributed by atoms with Crippen molar-refractivity contribution >= 4 is 5.91 Å². The van der Waals surface area contributed by atoms with Crippen molar-refractivity contribution in [3.05, 3.63) is 59.8 Å². The molecule has 0 bridgehead atoms. The lowest BCUT2D eigenvalue weighted by molar-refractivity contribution is -0.116. The minimum atomic E-state index is -0.418. The van der Waals surface area contributed by atoms with Gasteiger partial charge < -0.3 is 10.4 Å². The van der Waals surface area contributed by atoms with Gasteiger partial charge in [-0.05, 0) is 45.4 Å². The first kappa shape index (κ1) is 22.2. The highest BCUT2D eigenvalue weighted by Gasteiger charge is 2.09. The maximum Gasteiger partial charge on any atom is 0.243 e. The number of allylic oxidation sites excluding steroid dienone is 7. The normalized spacial score (nSPS) is 35.1. The van der Waals surface area contributed by atoms with Crippen molar-refractivity contribution in [1.82, 2.24) is 5.32 Å². The van der Waals surface area contributed by atoms with E-state index in [1.807, 2.05) is 19.1 Å². The second-order valence-electron chi connectivity index (χ2n) is 7.50. The van der Waals surface area contributed by atoms with Crippen LogP contribution < -0.4 is 5.32 Å². The fourth-order valence-corrected chi connectivity index (χ4v) is 2.76. The molecule has 0 aromatic carbocycles. The van der Waals surface area contributed by atoms with E-state index >= 15 is 0 Å². The van der Waals surface area contributed by atoms with Gasteiger partial charge in [0.2, 0.25) is 5.91 Å². The lowest BCUT2D eigenvalue weighted by Crippen LogP contribution is -2.26. The smallest absolute Gasteiger partial charge is 0.243 e. The summed E-state index contributed by atoms with van der Waals surface area (Å²) in [6.07, 6.45) is 18.9. The molecule has 144 valence electrons. The summed E-state index contributed by atoms with van der Waals surface area (Å²) in [4.78, 5) is 11.8. The van der Waals surface area contributed by atoms with Crippen molar-refractivity contribution in [2.45, 2.75) is 59.5 Å². The fourth-order valence-electron chi connectivity index (χ4n) is 2.76. The van der Waals surface area contributed by atoms with Crippen LogP contribution in [0, 0.1) is 11.8 Å². The zero-order valence-corrected chi connectivity index (χ0v) is 16.7. The van der Waals surface area contributed by atoms with E-state index in [2.05, 4.69) is 50.4 Å². The molecule has 1 aliphatic heterocycles. The van der Waals surface area contributed by atoms with Crippen LogP contribution in [-0.4, -0.2) is 23.7 Å². The van der Waals surface area contributed by atoms with Gasteiger partial charge in [-0.1, -0.05) is 67.5 Å². The third-order valence-corrected chi connectivity index (χ3v) is 4.61. The average molecular weight is 358 g/mol. The maximum atomic E-state index is 11.8. The maximum absolute atomic E-state index is 11.8. The van der Waals surface area contributed by atoms with Crippen molar-refractivity contribution in [2.75, 3.05) is 6.54 Å². The van der Waals surface area contributed by atoms with Crippen LogP contribution in [0.1, 0.15) is 53.4 Å². The Morgan fingerprint density at radius 3 is 2.65 bits per heavy atom. The molecule has 2 N–H and O–H groups in total. The van der Waals surface area contributed by atoms with Gasteiger partial charge in [0.05, 0.1) is 6.10 Å². The topological polar surface area (TPSA) is 49.3 Å². The predicted molar refractivity (Wildman–Crippen MR) is 111 cm³/mol. The number of hydrogen-bond acceptors (Lipinski definition) is 2. The highest BCUT2D eigenvalue weighted by atomic mass is 16.3. The highest BCUT2D eigenvalue weighted by molar-refractivity contribution is 5.87. The van der Waals surface area contributed by atoms with Crippen LogP contribution in [0.25, 0.3) is 0 Å². The van der Waals surface area contributed by atoms with Gasteiger partial charge >= 0.3 is 0 Å². The minimum Gasteiger partial charge on any atom is -0.392 e. The number of aliphatic hydroxyl groups excluding tert-OH is 1. The summed E-state index contributed by atoms with van der Waals surface area (Å²) in [7, 11) is 0. The number of carbonyl (C=O) groups excluding carboxylic acids is 1. The molecular weight excluding hydrogens is 322 g/mol. The molecule has 3 heteroatoms. The third kappa shape index (κ3) is 10.2. The summed E-state index contributed by atoms with van der Waals surface area (Å²) in [5.41, 5.74) is 2.60. The van der Waals surface area contributed by atoms with Crippen molar-refractivity contribution < 1.29 is 9.90 Å². The molecule has 3 nitrogen and oxygen atoms in total. The number of nitrogens with one attached hydrogen (secondary N) is 1. The lowest BCUT2D eigenvalue weighted by Gasteiger charge is -2.14. The van der Waals surface area contributed by atoms with E-state index in [4.69, 9.17) is 0 Å². The average Bonchev–Trinajstić information content (AvgIpc) is 2.60. The number of carbonyl (C=O) groups is 1. The number of rotatable bonds is 0. The van der Waals surface area contributed by atoms with Gasteiger partial charge in [0, 0.05) is 18.5 Å². The van der Waals surface area contributed by atoms with Gasteiger partial charge in [0.25, 0.3) is 0 Å². The number of amides is 1. The standard InChI is InChI=1S/C23H35NO2/c1-18-10-6-5-7-11-20(3)17-24-23(26)13-9-8-12-21(4)22(25)15-14-19(2)16-18/h5-6,8-10,12-14,20-22,25H,7,11,15-17H2,1-4H3,(H,24,26)/b6-5+,12-8+,13-9+,18-10+,19-14+/t20-,21-,22-/m0/s1. The van der Waals surface area contributed by atoms with E-state index in [0.29, 0.717) is 18.9 Å². The SMILES string of the molecule is C/C1=C\C=C\CC[C@H](C)CNC(=O)/C=C/C=C/[C@H](C)[C@@H](O)C/C=C(\C)C1. The molecule has 0 aromatic rings. The Hall–Kier alpha value is -1.87. The zero-order valence-electron chi connectivity index (χ0n) is 16.7. The quantitative estimate of drug-likeness (QED) is 0.608. The minimum absolute atomic E-state index is 0.0388. The van der Waals surface area contributed by atoms with Gasteiger partial charge in [0.1, 0.15) is 0 Å². The predicted octanol–water partition coefficient (Wildman–Crippen LogP) is 4.87. The van der Waals surface area contributed by atoms with Crippen molar-refractivity contribution in [3.63, 3.8) is 0 Å². The Morgan fingerprint density at radius 1 is 1.12 bits per heavy atom. The summed E-state index contributed by atoms with van der Waals surface area (Å²) in [6, 6.07) is 0. The second kappa shape index (κ2) is 12.5. The molecule has 1 amide bonds. The van der Waals surface area contributed by atoms with E-state index in [1.54, 1.807) is 6.08 Å². The first-order chi connectivity index (χ1) is 12.4. The first-order valence-corrected chi connectivity index (χ1v) is 9.67. The molecular formula is C23H35NO2. The van der Waals surface area contributed by atoms with Gasteiger partial charge in [-0.3, -0.25) is 4.79 Å². The van der Waals surface area contributed by atoms with E-state index in [1.165, 1.54) is 17.2 Å². The van der Waals surface area contributed by atoms with Crippen LogP contribution in [0.2, 0.25) is 0 Å². The molecule has 1 heterocycles. The van der Waals surface area contributed by atoms with E-state index < -0.39 is 6.10 Å². The van der Waals surface area contributed by atoms with Crippen LogP contribution in [0.4, 0.5) is 0 Å². The Balaban J connectivity index is 2.80. The fraction of sp³-hybridized carbons (Fsp3) is 0.522. The molecule has 1 rings (SSSR count). The second-order valence-corrected chi connectivity index (χ2v) is 7.50. The molecule has 0 saturated heterocycles. The summed E-state index contributed by atoms with van der Waals surface area (Å²) in [5.74, 6) is 0.414. The molecule has 0 aromatic heterocycles. The largest absolute Gasteiger partial charge is 0.392 e. The van der Waals surface area contributed by atoms with Crippen LogP contribution >= 0.6 is 0 Å². The van der Waals surface area contributed by atoms with Crippen LogP contribution in [0.15, 0.2) is 59.8 Å². The zero-order chi connectivity index (χ0) is 19.4. The molecule has 3 atom stereocenters. The highest BCUT2D eigenvalue weighted by Crippen LogP contribution is 2.15. The van der Waals surface area contributed by atoms with Crippen molar-refractivity contribution in [2.24, 2.45) is 11.8 Å². The Labute approximate surface area is 159 Å². The lowest BCUT2D eigenvalue weighted by atomic mass is 9.98. The van der Waals surface area contributed by atoms with Crippen LogP contribution in [-0.2, 0) is 4.79 Å². The molecule has 0 saturated carbocycles. The molecule has 0 aliphatic carbocycles. The Bertz CT molecular complexity index is 581. The van der Waals surface area contributed by atoms with E-state index in [0.717, 1.165) is 19.3 Å². The van der Waals surface area contributed by atoms with Crippen molar-refractivity contribution in [3.8, 4) is 0 Å². The number of aliphatic hydroxyl groups is 1. The summed E-state index contributed by atoms with van der Waals surface area (Å²) < 4.78 is 0. The molecule has 0 spiro atoms. The van der Waals surface area contributed by atoms with Crippen LogP contribution in [0.3, 0.4) is 0 Å². The monoisotopic (exact) mass is 357 g/mol. The molecule has 26 heavy (non-hydrogen) atoms. The van der Waals surface area contributed by atoms with Gasteiger partial charge in [-0.2, -0.15) is 0 Å². The summed E-state index contributed by atoms with van der Waals surface area (Å²) in [6.45, 7) is 9.09. The Kier molecular flexibility index (Phi) is 10.6.